The fourth-order valence-electron chi connectivity index (χ4n) is 3.74. The van der Waals surface area contributed by atoms with Crippen LogP contribution in [0.25, 0.3) is 10.9 Å². The van der Waals surface area contributed by atoms with Crippen LogP contribution in [0.4, 0.5) is 4.79 Å². The van der Waals surface area contributed by atoms with Crippen molar-refractivity contribution in [3.8, 4) is 0 Å². The van der Waals surface area contributed by atoms with Crippen LogP contribution in [0.15, 0.2) is 24.4 Å². The molecule has 0 bridgehead atoms. The van der Waals surface area contributed by atoms with Crippen molar-refractivity contribution in [1.29, 1.82) is 0 Å². The van der Waals surface area contributed by atoms with E-state index in [9.17, 15) is 24.6 Å². The summed E-state index contributed by atoms with van der Waals surface area (Å²) in [4.78, 5) is 39.1. The van der Waals surface area contributed by atoms with Crippen LogP contribution >= 0.6 is 0 Å². The third-order valence-corrected chi connectivity index (χ3v) is 5.13. The van der Waals surface area contributed by atoms with Crippen LogP contribution < -0.4 is 0 Å². The van der Waals surface area contributed by atoms with Crippen LogP contribution in [0.2, 0.25) is 0 Å². The topological polar surface area (TPSA) is 112 Å². The number of carboxylic acid groups (broad SMARTS) is 2. The number of hydrogen-bond donors (Lipinski definition) is 2. The van der Waals surface area contributed by atoms with Crippen molar-refractivity contribution < 1.29 is 29.3 Å². The fraction of sp³-hybridized carbons (Fsp3) is 0.476. The van der Waals surface area contributed by atoms with Crippen molar-refractivity contribution in [2.45, 2.75) is 32.4 Å². The molecule has 2 N–H and O–H groups in total. The van der Waals surface area contributed by atoms with Gasteiger partial charge >= 0.3 is 18.0 Å². The van der Waals surface area contributed by atoms with Crippen molar-refractivity contribution in [1.82, 2.24) is 14.4 Å². The first-order valence-corrected chi connectivity index (χ1v) is 9.75. The molecule has 2 heterocycles. The van der Waals surface area contributed by atoms with Crippen LogP contribution in [-0.4, -0.2) is 74.4 Å². The number of carboxylic acids is 2. The Morgan fingerprint density at radius 1 is 1.07 bits per heavy atom. The molecule has 162 valence electrons. The number of ether oxygens (including phenoxy) is 1. The molecule has 9 nitrogen and oxygen atoms in total. The number of nitrogens with zero attached hydrogens (tertiary/aromatic N) is 3. The van der Waals surface area contributed by atoms with Crippen molar-refractivity contribution in [2.75, 3.05) is 26.2 Å². The SMILES string of the molecule is Cn1cc([C@@H](C(=O)O)N2CCN(C(=O)OC(C)(C)C)CC2)c2ccc(C(=O)O)cc21. The molecule has 1 fully saturated rings. The Balaban J connectivity index is 1.84. The summed E-state index contributed by atoms with van der Waals surface area (Å²) in [5.74, 6) is -2.02. The number of carbonyl (C=O) groups excluding carboxylic acids is 1. The lowest BCUT2D eigenvalue weighted by molar-refractivity contribution is -0.144. The first kappa shape index (κ1) is 21.6. The summed E-state index contributed by atoms with van der Waals surface area (Å²) in [5, 5.41) is 19.9. The number of aromatic carboxylic acids is 1. The van der Waals surface area contributed by atoms with Gasteiger partial charge in [0.25, 0.3) is 0 Å². The Morgan fingerprint density at radius 3 is 2.23 bits per heavy atom. The predicted molar refractivity (Wildman–Crippen MR) is 110 cm³/mol. The highest BCUT2D eigenvalue weighted by Crippen LogP contribution is 2.31. The molecule has 1 atom stereocenters. The third kappa shape index (κ3) is 4.40. The molecule has 9 heteroatoms. The zero-order valence-electron chi connectivity index (χ0n) is 17.6. The number of piperazine rings is 1. The van der Waals surface area contributed by atoms with E-state index in [1.165, 1.54) is 6.07 Å². The van der Waals surface area contributed by atoms with Crippen LogP contribution in [0.1, 0.15) is 42.7 Å². The van der Waals surface area contributed by atoms with E-state index >= 15 is 0 Å². The zero-order valence-corrected chi connectivity index (χ0v) is 17.6. The molecule has 1 aliphatic heterocycles. The number of aryl methyl sites for hydroxylation is 1. The van der Waals surface area contributed by atoms with Gasteiger partial charge in [0, 0.05) is 55.9 Å². The summed E-state index contributed by atoms with van der Waals surface area (Å²) in [6, 6.07) is 3.78. The highest BCUT2D eigenvalue weighted by atomic mass is 16.6. The molecule has 0 unspecified atom stereocenters. The van der Waals surface area contributed by atoms with E-state index in [1.807, 2.05) is 4.90 Å². The van der Waals surface area contributed by atoms with Gasteiger partial charge in [-0.1, -0.05) is 6.07 Å². The van der Waals surface area contributed by atoms with E-state index in [-0.39, 0.29) is 5.56 Å². The van der Waals surface area contributed by atoms with Gasteiger partial charge in [-0.2, -0.15) is 0 Å². The maximum Gasteiger partial charge on any atom is 0.410 e. The molecule has 1 amide bonds. The fourth-order valence-corrected chi connectivity index (χ4v) is 3.74. The van der Waals surface area contributed by atoms with Gasteiger partial charge in [0.1, 0.15) is 11.6 Å². The quantitative estimate of drug-likeness (QED) is 0.786. The average molecular weight is 417 g/mol. The minimum absolute atomic E-state index is 0.146. The number of aromatic nitrogens is 1. The predicted octanol–water partition coefficient (Wildman–Crippen LogP) is 2.55. The largest absolute Gasteiger partial charge is 0.480 e. The Labute approximate surface area is 174 Å². The summed E-state index contributed by atoms with van der Waals surface area (Å²) in [6.07, 6.45) is 1.33. The number of fused-ring (bicyclic) bond motifs is 1. The highest BCUT2D eigenvalue weighted by molar-refractivity contribution is 5.96. The van der Waals surface area contributed by atoms with Crippen molar-refractivity contribution in [2.24, 2.45) is 7.05 Å². The van der Waals surface area contributed by atoms with Gasteiger partial charge in [-0.05, 0) is 32.9 Å². The summed E-state index contributed by atoms with van der Waals surface area (Å²) in [5.41, 5.74) is 0.814. The molecular formula is C21H27N3O6. The third-order valence-electron chi connectivity index (χ3n) is 5.13. The summed E-state index contributed by atoms with van der Waals surface area (Å²) in [6.45, 7) is 6.92. The number of carbonyl (C=O) groups is 3. The lowest BCUT2D eigenvalue weighted by atomic mass is 10.0. The van der Waals surface area contributed by atoms with Gasteiger partial charge in [0.2, 0.25) is 0 Å². The number of rotatable bonds is 4. The van der Waals surface area contributed by atoms with Gasteiger partial charge in [-0.15, -0.1) is 0 Å². The highest BCUT2D eigenvalue weighted by Gasteiger charge is 2.34. The average Bonchev–Trinajstić information content (AvgIpc) is 2.96. The van der Waals surface area contributed by atoms with Crippen LogP contribution in [0.5, 0.6) is 0 Å². The summed E-state index contributed by atoms with van der Waals surface area (Å²) >= 11 is 0. The van der Waals surface area contributed by atoms with Crippen molar-refractivity contribution >= 4 is 28.9 Å². The zero-order chi connectivity index (χ0) is 22.2. The van der Waals surface area contributed by atoms with E-state index in [1.54, 1.807) is 55.6 Å². The van der Waals surface area contributed by atoms with E-state index in [2.05, 4.69) is 0 Å². The standard InChI is InChI=1S/C21H27N3O6/c1-21(2,3)30-20(29)24-9-7-23(8-10-24)17(19(27)28)15-12-22(4)16-11-13(18(25)26)5-6-14(15)16/h5-6,11-12,17H,7-10H2,1-4H3,(H,25,26)(H,27,28)/t17-/m0/s1. The molecule has 30 heavy (non-hydrogen) atoms. The second-order valence-corrected chi connectivity index (χ2v) is 8.48. The Hall–Kier alpha value is -3.07. The van der Waals surface area contributed by atoms with Crippen LogP contribution in [0.3, 0.4) is 0 Å². The Bertz CT molecular complexity index is 983. The Kier molecular flexibility index (Phi) is 5.76. The van der Waals surface area contributed by atoms with E-state index in [0.29, 0.717) is 42.6 Å². The Morgan fingerprint density at radius 2 is 1.70 bits per heavy atom. The molecule has 0 spiro atoms. The lowest BCUT2D eigenvalue weighted by Gasteiger charge is -2.38. The summed E-state index contributed by atoms with van der Waals surface area (Å²) < 4.78 is 7.14. The van der Waals surface area contributed by atoms with Gasteiger partial charge in [-0.3, -0.25) is 9.69 Å². The first-order chi connectivity index (χ1) is 14.0. The maximum absolute atomic E-state index is 12.3. The molecule has 1 aliphatic rings. The minimum Gasteiger partial charge on any atom is -0.480 e. The van der Waals surface area contributed by atoms with E-state index in [0.717, 1.165) is 0 Å². The number of amides is 1. The second kappa shape index (κ2) is 7.98. The number of benzene rings is 1. The molecule has 2 aromatic rings. The van der Waals surface area contributed by atoms with E-state index in [4.69, 9.17) is 4.74 Å². The second-order valence-electron chi connectivity index (χ2n) is 8.48. The van der Waals surface area contributed by atoms with Crippen molar-refractivity contribution in [3.05, 3.63) is 35.5 Å². The van der Waals surface area contributed by atoms with Gasteiger partial charge in [0.15, 0.2) is 0 Å². The molecule has 1 aromatic carbocycles. The number of hydrogen-bond acceptors (Lipinski definition) is 5. The molecule has 3 rings (SSSR count). The minimum atomic E-state index is -1.03. The molecule has 0 radical (unpaired) electrons. The van der Waals surface area contributed by atoms with E-state index < -0.39 is 29.7 Å². The van der Waals surface area contributed by atoms with Gasteiger partial charge in [0.05, 0.1) is 5.56 Å². The monoisotopic (exact) mass is 417 g/mol. The smallest absolute Gasteiger partial charge is 0.410 e. The van der Waals surface area contributed by atoms with Crippen LogP contribution in [-0.2, 0) is 16.6 Å². The van der Waals surface area contributed by atoms with Gasteiger partial charge in [-0.25, -0.2) is 9.59 Å². The normalized spacial score (nSPS) is 16.5. The number of aliphatic carboxylic acids is 1. The van der Waals surface area contributed by atoms with Gasteiger partial charge < -0.3 is 24.4 Å². The molecular weight excluding hydrogens is 390 g/mol. The maximum atomic E-state index is 12.3. The lowest BCUT2D eigenvalue weighted by Crippen LogP contribution is -2.51. The first-order valence-electron chi connectivity index (χ1n) is 9.75. The molecule has 0 aliphatic carbocycles. The summed E-state index contributed by atoms with van der Waals surface area (Å²) in [7, 11) is 1.76. The molecule has 1 aromatic heterocycles. The molecule has 0 saturated carbocycles. The van der Waals surface area contributed by atoms with Crippen LogP contribution in [0, 0.1) is 0 Å². The molecule has 1 saturated heterocycles. The van der Waals surface area contributed by atoms with Crippen molar-refractivity contribution in [3.63, 3.8) is 0 Å².